The Hall–Kier alpha value is -2.34. The number of ether oxygens (including phenoxy) is 1. The molecule has 1 N–H and O–H groups in total. The van der Waals surface area contributed by atoms with Crippen LogP contribution < -0.4 is 9.62 Å². The molecule has 2 atom stereocenters. The van der Waals surface area contributed by atoms with E-state index in [4.69, 9.17) is 0 Å². The van der Waals surface area contributed by atoms with Crippen LogP contribution in [0.4, 0.5) is 29.5 Å². The largest absolute Gasteiger partial charge is 0.434 e. The van der Waals surface area contributed by atoms with Crippen molar-refractivity contribution < 1.29 is 31.1 Å². The van der Waals surface area contributed by atoms with Crippen LogP contribution in [0.2, 0.25) is 0 Å². The summed E-state index contributed by atoms with van der Waals surface area (Å²) in [6.45, 7) is 4.55. The molecule has 0 bridgehead atoms. The van der Waals surface area contributed by atoms with Crippen molar-refractivity contribution >= 4 is 39.0 Å². The van der Waals surface area contributed by atoms with Crippen LogP contribution in [0.25, 0.3) is 0 Å². The number of pyridine rings is 1. The van der Waals surface area contributed by atoms with E-state index in [1.54, 1.807) is 13.8 Å². The number of sulfonamides is 1. The summed E-state index contributed by atoms with van der Waals surface area (Å²) in [7, 11) is -4.03. The molecule has 1 aliphatic rings. The summed E-state index contributed by atoms with van der Waals surface area (Å²) in [5.41, 5.74) is -0.127. The van der Waals surface area contributed by atoms with Crippen LogP contribution >= 0.6 is 11.3 Å². The zero-order valence-corrected chi connectivity index (χ0v) is 16.6. The molecule has 12 heteroatoms. The van der Waals surface area contributed by atoms with Crippen LogP contribution in [-0.4, -0.2) is 37.8 Å². The van der Waals surface area contributed by atoms with Crippen molar-refractivity contribution in [3.8, 4) is 0 Å². The summed E-state index contributed by atoms with van der Waals surface area (Å²) in [4.78, 5) is 18.1. The Balaban J connectivity index is 1.99. The van der Waals surface area contributed by atoms with Crippen molar-refractivity contribution in [2.45, 2.75) is 44.0 Å². The van der Waals surface area contributed by atoms with Crippen molar-refractivity contribution in [3.63, 3.8) is 0 Å². The van der Waals surface area contributed by atoms with Gasteiger partial charge in [0.25, 0.3) is 10.0 Å². The van der Waals surface area contributed by atoms with Gasteiger partial charge in [-0.3, -0.25) is 9.62 Å². The molecule has 0 aromatic carbocycles. The fourth-order valence-electron chi connectivity index (χ4n) is 2.93. The first-order valence-corrected chi connectivity index (χ1v) is 10.3. The second kappa shape index (κ2) is 6.92. The quantitative estimate of drug-likeness (QED) is 0.788. The molecule has 1 amide bonds. The number of halogens is 3. The molecule has 152 valence electrons. The highest BCUT2D eigenvalue weighted by Crippen LogP contribution is 2.38. The summed E-state index contributed by atoms with van der Waals surface area (Å²) in [6, 6.07) is 2.79. The van der Waals surface area contributed by atoms with E-state index in [1.165, 1.54) is 35.7 Å². The van der Waals surface area contributed by atoms with Gasteiger partial charge >= 0.3 is 12.3 Å². The lowest BCUT2D eigenvalue weighted by molar-refractivity contribution is -0.198. The number of carbonyl (C=O) groups excluding carboxylic acids is 1. The van der Waals surface area contributed by atoms with Gasteiger partial charge in [0.2, 0.25) is 6.10 Å². The Morgan fingerprint density at radius 3 is 2.54 bits per heavy atom. The lowest BCUT2D eigenvalue weighted by Gasteiger charge is -2.23. The van der Waals surface area contributed by atoms with E-state index in [0.29, 0.717) is 9.78 Å². The number of nitrogens with zero attached hydrogens (tertiary/aromatic N) is 2. The lowest BCUT2D eigenvalue weighted by atomic mass is 10.1. The number of thiophene rings is 1. The fourth-order valence-corrected chi connectivity index (χ4v) is 5.54. The molecule has 0 unspecified atom stereocenters. The predicted octanol–water partition coefficient (Wildman–Crippen LogP) is 3.84. The first-order chi connectivity index (χ1) is 12.9. The number of amides is 1. The van der Waals surface area contributed by atoms with E-state index >= 15 is 0 Å². The van der Waals surface area contributed by atoms with Crippen LogP contribution in [0.3, 0.4) is 0 Å². The molecule has 28 heavy (non-hydrogen) atoms. The van der Waals surface area contributed by atoms with Crippen LogP contribution in [0.1, 0.15) is 16.7 Å². The minimum absolute atomic E-state index is 0.0509. The van der Waals surface area contributed by atoms with Crippen molar-refractivity contribution in [1.82, 2.24) is 4.98 Å². The van der Waals surface area contributed by atoms with E-state index in [9.17, 15) is 26.4 Å². The average molecular weight is 435 g/mol. The van der Waals surface area contributed by atoms with Crippen LogP contribution in [0, 0.1) is 13.8 Å². The van der Waals surface area contributed by atoms with Crippen molar-refractivity contribution in [3.05, 3.63) is 34.2 Å². The van der Waals surface area contributed by atoms with Gasteiger partial charge in [0, 0.05) is 16.0 Å². The van der Waals surface area contributed by atoms with Gasteiger partial charge in [-0.2, -0.15) is 13.2 Å². The molecule has 3 heterocycles. The second-order valence-electron chi connectivity index (χ2n) is 6.21. The molecular weight excluding hydrogens is 419 g/mol. The molecule has 0 aliphatic carbocycles. The number of carbonyl (C=O) groups is 1. The molecule has 0 spiro atoms. The summed E-state index contributed by atoms with van der Waals surface area (Å²) in [5.74, 6) is -0.264. The molecule has 1 aliphatic heterocycles. The highest BCUT2D eigenvalue weighted by molar-refractivity contribution is 7.93. The third-order valence-corrected chi connectivity index (χ3v) is 6.72. The van der Waals surface area contributed by atoms with Gasteiger partial charge in [0.15, 0.2) is 5.82 Å². The minimum Gasteiger partial charge on any atom is -0.434 e. The second-order valence-corrected chi connectivity index (χ2v) is 9.33. The van der Waals surface area contributed by atoms with Gasteiger partial charge in [-0.25, -0.2) is 18.2 Å². The van der Waals surface area contributed by atoms with Crippen LogP contribution in [0.5, 0.6) is 0 Å². The van der Waals surface area contributed by atoms with Gasteiger partial charge < -0.3 is 4.74 Å². The molecule has 2 aromatic rings. The SMILES string of the molecule is Cc1cc(S(=O)(=O)Nc2cccnc2N2C(=O)O[C@@H](C(F)(F)F)[C@H]2C)c(C)s1. The van der Waals surface area contributed by atoms with Gasteiger partial charge in [-0.15, -0.1) is 11.3 Å². The maximum absolute atomic E-state index is 13.1. The van der Waals surface area contributed by atoms with E-state index in [0.717, 1.165) is 11.8 Å². The molecule has 1 saturated heterocycles. The van der Waals surface area contributed by atoms with Crippen LogP contribution in [0.15, 0.2) is 29.3 Å². The van der Waals surface area contributed by atoms with E-state index in [1.807, 2.05) is 0 Å². The number of cyclic esters (lactones) is 1. The Morgan fingerprint density at radius 1 is 1.32 bits per heavy atom. The number of hydrogen-bond acceptors (Lipinski definition) is 6. The molecule has 0 radical (unpaired) electrons. The summed E-state index contributed by atoms with van der Waals surface area (Å²) >= 11 is 1.30. The van der Waals surface area contributed by atoms with Gasteiger partial charge in [-0.05, 0) is 39.0 Å². The Bertz CT molecular complexity index is 1020. The number of aromatic nitrogens is 1. The standard InChI is InChI=1S/C16H16F3N3O4S2/c1-8-7-12(10(3)27-8)28(24,25)21-11-5-4-6-20-14(11)22-9(2)13(16(17,18)19)26-15(22)23/h4-7,9,13,21H,1-3H3/t9-,13-/m1/s1. The highest BCUT2D eigenvalue weighted by atomic mass is 32.2. The number of aryl methyl sites for hydroxylation is 2. The molecule has 1 fully saturated rings. The Morgan fingerprint density at radius 2 is 2.00 bits per heavy atom. The third-order valence-electron chi connectivity index (χ3n) is 4.14. The minimum atomic E-state index is -4.76. The Kier molecular flexibility index (Phi) is 5.04. The summed E-state index contributed by atoms with van der Waals surface area (Å²) < 4.78 is 71.5. The topological polar surface area (TPSA) is 88.6 Å². The van der Waals surface area contributed by atoms with E-state index in [2.05, 4.69) is 14.4 Å². The van der Waals surface area contributed by atoms with E-state index < -0.39 is 34.4 Å². The number of nitrogens with one attached hydrogen (secondary N) is 1. The molecule has 3 rings (SSSR count). The van der Waals surface area contributed by atoms with Gasteiger partial charge in [0.05, 0.1) is 11.7 Å². The number of alkyl halides is 3. The highest BCUT2D eigenvalue weighted by Gasteiger charge is 2.55. The first kappa shape index (κ1) is 20.4. The lowest BCUT2D eigenvalue weighted by Crippen LogP contribution is -2.41. The van der Waals surface area contributed by atoms with E-state index in [-0.39, 0.29) is 16.4 Å². The molecular formula is C16H16F3N3O4S2. The van der Waals surface area contributed by atoms with Gasteiger partial charge in [0.1, 0.15) is 4.90 Å². The number of hydrogen-bond donors (Lipinski definition) is 1. The first-order valence-electron chi connectivity index (χ1n) is 8.03. The predicted molar refractivity (Wildman–Crippen MR) is 97.1 cm³/mol. The summed E-state index contributed by atoms with van der Waals surface area (Å²) in [5, 5.41) is 0. The normalized spacial score (nSPS) is 20.4. The number of anilines is 2. The Labute approximate surface area is 163 Å². The van der Waals surface area contributed by atoms with Crippen LogP contribution in [-0.2, 0) is 14.8 Å². The van der Waals surface area contributed by atoms with Gasteiger partial charge in [-0.1, -0.05) is 0 Å². The molecule has 0 saturated carbocycles. The van der Waals surface area contributed by atoms with Crippen molar-refractivity contribution in [2.75, 3.05) is 9.62 Å². The average Bonchev–Trinajstić information content (AvgIpc) is 3.07. The maximum atomic E-state index is 13.1. The monoisotopic (exact) mass is 435 g/mol. The maximum Gasteiger partial charge on any atom is 0.427 e. The zero-order valence-electron chi connectivity index (χ0n) is 14.9. The molecule has 7 nitrogen and oxygen atoms in total. The van der Waals surface area contributed by atoms with Crippen molar-refractivity contribution in [2.24, 2.45) is 0 Å². The third kappa shape index (κ3) is 3.65. The number of rotatable bonds is 4. The zero-order chi connectivity index (χ0) is 20.9. The smallest absolute Gasteiger partial charge is 0.427 e. The molecule has 2 aromatic heterocycles. The summed E-state index contributed by atoms with van der Waals surface area (Å²) in [6.07, 6.45) is -7.11. The van der Waals surface area contributed by atoms with Crippen molar-refractivity contribution in [1.29, 1.82) is 0 Å². The fraction of sp³-hybridized carbons (Fsp3) is 0.375.